The van der Waals surface area contributed by atoms with Gasteiger partial charge in [0.1, 0.15) is 5.82 Å². The molecule has 0 saturated carbocycles. The van der Waals surface area contributed by atoms with Crippen molar-refractivity contribution in [1.82, 2.24) is 14.9 Å². The molecule has 6 nitrogen and oxygen atoms in total. The SMILES string of the molecule is COc1ccccc1OCCCn1c(CCCCCNC(=O)c2ccc(Br)cc2)nc2ccccc21. The van der Waals surface area contributed by atoms with Crippen LogP contribution in [0.5, 0.6) is 11.5 Å². The summed E-state index contributed by atoms with van der Waals surface area (Å²) in [5.41, 5.74) is 2.87. The number of halogens is 1. The smallest absolute Gasteiger partial charge is 0.251 e. The van der Waals surface area contributed by atoms with Gasteiger partial charge in [0, 0.05) is 29.5 Å². The van der Waals surface area contributed by atoms with Gasteiger partial charge in [0.2, 0.25) is 0 Å². The van der Waals surface area contributed by atoms with Crippen LogP contribution in [0, 0.1) is 0 Å². The monoisotopic (exact) mass is 549 g/mol. The first-order valence-electron chi connectivity index (χ1n) is 12.4. The highest BCUT2D eigenvalue weighted by molar-refractivity contribution is 9.10. The maximum absolute atomic E-state index is 12.2. The quantitative estimate of drug-likeness (QED) is 0.195. The van der Waals surface area contributed by atoms with E-state index >= 15 is 0 Å². The zero-order chi connectivity index (χ0) is 25.2. The fourth-order valence-corrected chi connectivity index (χ4v) is 4.46. The fourth-order valence-electron chi connectivity index (χ4n) is 4.20. The molecule has 0 atom stereocenters. The molecule has 1 heterocycles. The van der Waals surface area contributed by atoms with E-state index in [0.29, 0.717) is 18.7 Å². The molecule has 4 rings (SSSR count). The molecule has 0 unspecified atom stereocenters. The van der Waals surface area contributed by atoms with Crippen molar-refractivity contribution in [1.29, 1.82) is 0 Å². The van der Waals surface area contributed by atoms with Crippen LogP contribution in [0.1, 0.15) is 41.9 Å². The van der Waals surface area contributed by atoms with Crippen molar-refractivity contribution in [3.05, 3.63) is 88.7 Å². The highest BCUT2D eigenvalue weighted by Crippen LogP contribution is 2.26. The number of hydrogen-bond acceptors (Lipinski definition) is 4. The Morgan fingerprint density at radius 2 is 1.67 bits per heavy atom. The third-order valence-corrected chi connectivity index (χ3v) is 6.58. The predicted octanol–water partition coefficient (Wildman–Crippen LogP) is 6.42. The van der Waals surface area contributed by atoms with Gasteiger partial charge >= 0.3 is 0 Å². The Morgan fingerprint density at radius 1 is 0.917 bits per heavy atom. The molecule has 1 amide bonds. The van der Waals surface area contributed by atoms with Gasteiger partial charge in [0.15, 0.2) is 11.5 Å². The van der Waals surface area contributed by atoms with Crippen LogP contribution in [0.2, 0.25) is 0 Å². The van der Waals surface area contributed by atoms with Gasteiger partial charge in [-0.2, -0.15) is 0 Å². The molecule has 0 bridgehead atoms. The molecule has 3 aromatic carbocycles. The third kappa shape index (κ3) is 6.88. The van der Waals surface area contributed by atoms with E-state index in [1.54, 1.807) is 7.11 Å². The van der Waals surface area contributed by atoms with Gasteiger partial charge in [0.25, 0.3) is 5.91 Å². The Bertz CT molecular complexity index is 1270. The van der Waals surface area contributed by atoms with E-state index < -0.39 is 0 Å². The standard InChI is InChI=1S/C29H32BrN3O3/c1-35-26-12-6-7-13-27(26)36-21-9-20-33-25-11-5-4-10-24(25)32-28(33)14-3-2-8-19-31-29(34)22-15-17-23(30)18-16-22/h4-7,10-13,15-18H,2-3,8-9,14,19-21H2,1H3,(H,31,34). The fraction of sp³-hybridized carbons (Fsp3) is 0.310. The van der Waals surface area contributed by atoms with Crippen LogP contribution in [0.25, 0.3) is 11.0 Å². The molecule has 0 aliphatic carbocycles. The van der Waals surface area contributed by atoms with Crippen LogP contribution in [-0.4, -0.2) is 35.7 Å². The van der Waals surface area contributed by atoms with Crippen LogP contribution in [-0.2, 0) is 13.0 Å². The van der Waals surface area contributed by atoms with Gasteiger partial charge in [-0.05, 0) is 67.8 Å². The summed E-state index contributed by atoms with van der Waals surface area (Å²) in [7, 11) is 1.66. The summed E-state index contributed by atoms with van der Waals surface area (Å²) in [5, 5.41) is 3.01. The number of fused-ring (bicyclic) bond motifs is 1. The number of imidazole rings is 1. The third-order valence-electron chi connectivity index (χ3n) is 6.06. The van der Waals surface area contributed by atoms with Gasteiger partial charge in [-0.25, -0.2) is 4.98 Å². The summed E-state index contributed by atoms with van der Waals surface area (Å²) in [6.07, 6.45) is 4.77. The first-order chi connectivity index (χ1) is 17.7. The average Bonchev–Trinajstić information content (AvgIpc) is 3.26. The van der Waals surface area contributed by atoms with E-state index in [9.17, 15) is 4.79 Å². The first kappa shape index (κ1) is 25.8. The number of nitrogens with zero attached hydrogens (tertiary/aromatic N) is 2. The minimum Gasteiger partial charge on any atom is -0.493 e. The summed E-state index contributed by atoms with van der Waals surface area (Å²) in [6, 6.07) is 23.4. The van der Waals surface area contributed by atoms with E-state index in [0.717, 1.165) is 71.5 Å². The largest absolute Gasteiger partial charge is 0.493 e. The molecular formula is C29H32BrN3O3. The molecule has 0 aliphatic heterocycles. The number of carbonyl (C=O) groups excluding carboxylic acids is 1. The van der Waals surface area contributed by atoms with Gasteiger partial charge in [-0.1, -0.05) is 46.6 Å². The Balaban J connectivity index is 1.25. The summed E-state index contributed by atoms with van der Waals surface area (Å²) in [5.74, 6) is 2.59. The number of nitrogens with one attached hydrogen (secondary N) is 1. The van der Waals surface area contributed by atoms with Crippen molar-refractivity contribution >= 4 is 32.9 Å². The maximum Gasteiger partial charge on any atom is 0.251 e. The average molecular weight is 550 g/mol. The van der Waals surface area contributed by atoms with Crippen LogP contribution in [0.3, 0.4) is 0 Å². The van der Waals surface area contributed by atoms with Gasteiger partial charge in [0.05, 0.1) is 24.8 Å². The van der Waals surface area contributed by atoms with Crippen LogP contribution in [0.4, 0.5) is 0 Å². The number of benzene rings is 3. The lowest BCUT2D eigenvalue weighted by atomic mass is 10.1. The van der Waals surface area contributed by atoms with Crippen LogP contribution < -0.4 is 14.8 Å². The second kappa shape index (κ2) is 13.1. The Labute approximate surface area is 220 Å². The molecule has 188 valence electrons. The van der Waals surface area contributed by atoms with Crippen LogP contribution >= 0.6 is 15.9 Å². The maximum atomic E-state index is 12.2. The predicted molar refractivity (Wildman–Crippen MR) is 147 cm³/mol. The Kier molecular flexibility index (Phi) is 9.39. The van der Waals surface area contributed by atoms with Crippen molar-refractivity contribution in [2.45, 2.75) is 38.6 Å². The summed E-state index contributed by atoms with van der Waals surface area (Å²) < 4.78 is 14.6. The number of aryl methyl sites for hydroxylation is 2. The van der Waals surface area contributed by atoms with Crippen LogP contribution in [0.15, 0.2) is 77.3 Å². The van der Waals surface area contributed by atoms with E-state index in [-0.39, 0.29) is 5.91 Å². The molecule has 1 aromatic heterocycles. The van der Waals surface area contributed by atoms with E-state index in [4.69, 9.17) is 14.5 Å². The lowest BCUT2D eigenvalue weighted by molar-refractivity contribution is 0.0953. The molecule has 0 aliphatic rings. The molecule has 0 fully saturated rings. The van der Waals surface area contributed by atoms with Gasteiger partial charge < -0.3 is 19.4 Å². The number of amides is 1. The van der Waals surface area contributed by atoms with Crippen molar-refractivity contribution in [3.8, 4) is 11.5 Å². The molecule has 7 heteroatoms. The number of methoxy groups -OCH3 is 1. The number of ether oxygens (including phenoxy) is 2. The summed E-state index contributed by atoms with van der Waals surface area (Å²) in [4.78, 5) is 17.1. The second-order valence-corrected chi connectivity index (χ2v) is 9.51. The molecule has 1 N–H and O–H groups in total. The van der Waals surface area contributed by atoms with E-state index in [1.165, 1.54) is 0 Å². The summed E-state index contributed by atoms with van der Waals surface area (Å²) in [6.45, 7) is 2.12. The number of hydrogen-bond donors (Lipinski definition) is 1. The van der Waals surface area contributed by atoms with Crippen molar-refractivity contribution in [2.24, 2.45) is 0 Å². The molecule has 0 spiro atoms. The molecule has 0 saturated heterocycles. The number of para-hydroxylation sites is 4. The number of aromatic nitrogens is 2. The number of unbranched alkanes of at least 4 members (excludes halogenated alkanes) is 2. The zero-order valence-electron chi connectivity index (χ0n) is 20.6. The lowest BCUT2D eigenvalue weighted by Gasteiger charge is -2.12. The Hall–Kier alpha value is -3.32. The topological polar surface area (TPSA) is 65.4 Å². The number of rotatable bonds is 13. The molecular weight excluding hydrogens is 518 g/mol. The molecule has 36 heavy (non-hydrogen) atoms. The number of carbonyl (C=O) groups is 1. The first-order valence-corrected chi connectivity index (χ1v) is 13.2. The lowest BCUT2D eigenvalue weighted by Crippen LogP contribution is -2.24. The summed E-state index contributed by atoms with van der Waals surface area (Å²) >= 11 is 3.39. The van der Waals surface area contributed by atoms with Crippen molar-refractivity contribution in [3.63, 3.8) is 0 Å². The normalized spacial score (nSPS) is 10.9. The Morgan fingerprint density at radius 3 is 2.47 bits per heavy atom. The van der Waals surface area contributed by atoms with Crippen molar-refractivity contribution in [2.75, 3.05) is 20.3 Å². The highest BCUT2D eigenvalue weighted by Gasteiger charge is 2.11. The molecule has 0 radical (unpaired) electrons. The second-order valence-electron chi connectivity index (χ2n) is 8.59. The van der Waals surface area contributed by atoms with E-state index in [2.05, 4.69) is 44.0 Å². The minimum absolute atomic E-state index is 0.0281. The zero-order valence-corrected chi connectivity index (χ0v) is 22.2. The molecule has 4 aromatic rings. The minimum atomic E-state index is -0.0281. The highest BCUT2D eigenvalue weighted by atomic mass is 79.9. The van der Waals surface area contributed by atoms with Crippen molar-refractivity contribution < 1.29 is 14.3 Å². The van der Waals surface area contributed by atoms with Gasteiger partial charge in [-0.3, -0.25) is 4.79 Å². The van der Waals surface area contributed by atoms with Gasteiger partial charge in [-0.15, -0.1) is 0 Å². The van der Waals surface area contributed by atoms with E-state index in [1.807, 2.05) is 54.6 Å².